The second-order valence-corrected chi connectivity index (χ2v) is 6.66. The molecule has 1 N–H and O–H groups in total. The zero-order valence-corrected chi connectivity index (χ0v) is 13.9. The SMILES string of the molecule is COc1ccc(Cl)cc1NC(=O)[C@H]1CC(=O)N(C2CCCC2)C1. The Kier molecular flexibility index (Phi) is 4.76. The maximum Gasteiger partial charge on any atom is 0.229 e. The highest BCUT2D eigenvalue weighted by molar-refractivity contribution is 6.31. The van der Waals surface area contributed by atoms with E-state index in [-0.39, 0.29) is 24.2 Å². The molecule has 124 valence electrons. The molecule has 2 fully saturated rings. The van der Waals surface area contributed by atoms with E-state index in [4.69, 9.17) is 16.3 Å². The Morgan fingerprint density at radius 3 is 2.78 bits per heavy atom. The van der Waals surface area contributed by atoms with Gasteiger partial charge in [0.1, 0.15) is 5.75 Å². The summed E-state index contributed by atoms with van der Waals surface area (Å²) in [6.45, 7) is 0.512. The van der Waals surface area contributed by atoms with Crippen molar-refractivity contribution >= 4 is 29.1 Å². The Hall–Kier alpha value is -1.75. The average Bonchev–Trinajstić information content (AvgIpc) is 3.16. The van der Waals surface area contributed by atoms with Crippen LogP contribution in [-0.2, 0) is 9.59 Å². The van der Waals surface area contributed by atoms with Gasteiger partial charge in [0, 0.05) is 24.0 Å². The molecule has 1 aliphatic heterocycles. The van der Waals surface area contributed by atoms with Gasteiger partial charge in [0.2, 0.25) is 11.8 Å². The summed E-state index contributed by atoms with van der Waals surface area (Å²) in [6.07, 6.45) is 4.74. The first-order valence-corrected chi connectivity index (χ1v) is 8.40. The second-order valence-electron chi connectivity index (χ2n) is 6.22. The average molecular weight is 337 g/mol. The van der Waals surface area contributed by atoms with Crippen LogP contribution in [0.1, 0.15) is 32.1 Å². The molecule has 1 heterocycles. The van der Waals surface area contributed by atoms with Gasteiger partial charge in [-0.3, -0.25) is 9.59 Å². The van der Waals surface area contributed by atoms with Gasteiger partial charge in [-0.15, -0.1) is 0 Å². The fourth-order valence-electron chi connectivity index (χ4n) is 3.49. The summed E-state index contributed by atoms with van der Waals surface area (Å²) in [5, 5.41) is 3.37. The van der Waals surface area contributed by atoms with E-state index in [0.717, 1.165) is 12.8 Å². The Morgan fingerprint density at radius 1 is 1.35 bits per heavy atom. The summed E-state index contributed by atoms with van der Waals surface area (Å²) >= 11 is 5.98. The molecule has 0 unspecified atom stereocenters. The minimum absolute atomic E-state index is 0.0927. The summed E-state index contributed by atoms with van der Waals surface area (Å²) < 4.78 is 5.24. The number of benzene rings is 1. The van der Waals surface area contributed by atoms with Crippen molar-refractivity contribution in [2.45, 2.75) is 38.1 Å². The first kappa shape index (κ1) is 16.1. The van der Waals surface area contributed by atoms with Crippen LogP contribution in [0.2, 0.25) is 5.02 Å². The molecule has 2 amide bonds. The number of anilines is 1. The third kappa shape index (κ3) is 3.44. The number of carbonyl (C=O) groups is 2. The smallest absolute Gasteiger partial charge is 0.229 e. The molecule has 2 aliphatic rings. The lowest BCUT2D eigenvalue weighted by Gasteiger charge is -2.24. The van der Waals surface area contributed by atoms with Crippen LogP contribution < -0.4 is 10.1 Å². The van der Waals surface area contributed by atoms with Crippen LogP contribution in [0.5, 0.6) is 5.75 Å². The Labute approximate surface area is 140 Å². The third-order valence-corrected chi connectivity index (χ3v) is 4.95. The van der Waals surface area contributed by atoms with E-state index in [9.17, 15) is 9.59 Å². The maximum atomic E-state index is 12.5. The van der Waals surface area contributed by atoms with Crippen LogP contribution in [0.3, 0.4) is 0 Å². The Bertz CT molecular complexity index is 614. The number of halogens is 1. The number of likely N-dealkylation sites (tertiary alicyclic amines) is 1. The number of nitrogens with one attached hydrogen (secondary N) is 1. The zero-order valence-electron chi connectivity index (χ0n) is 13.2. The highest BCUT2D eigenvalue weighted by atomic mass is 35.5. The van der Waals surface area contributed by atoms with E-state index in [1.165, 1.54) is 12.8 Å². The molecule has 0 bridgehead atoms. The van der Waals surface area contributed by atoms with E-state index >= 15 is 0 Å². The number of hydrogen-bond acceptors (Lipinski definition) is 3. The molecule has 1 saturated heterocycles. The normalized spacial score (nSPS) is 21.7. The summed E-state index contributed by atoms with van der Waals surface area (Å²) in [5.41, 5.74) is 0.539. The van der Waals surface area contributed by atoms with Gasteiger partial charge in [-0.05, 0) is 31.0 Å². The Morgan fingerprint density at radius 2 is 2.09 bits per heavy atom. The topological polar surface area (TPSA) is 58.6 Å². The number of carbonyl (C=O) groups excluding carboxylic acids is 2. The molecule has 23 heavy (non-hydrogen) atoms. The molecule has 1 aliphatic carbocycles. The number of hydrogen-bond donors (Lipinski definition) is 1. The summed E-state index contributed by atoms with van der Waals surface area (Å²) in [4.78, 5) is 26.6. The lowest BCUT2D eigenvalue weighted by Crippen LogP contribution is -2.35. The monoisotopic (exact) mass is 336 g/mol. The second kappa shape index (κ2) is 6.79. The van der Waals surface area contributed by atoms with Crippen molar-refractivity contribution in [3.05, 3.63) is 23.2 Å². The van der Waals surface area contributed by atoms with Crippen molar-refractivity contribution in [1.29, 1.82) is 0 Å². The first-order valence-electron chi connectivity index (χ1n) is 8.02. The zero-order chi connectivity index (χ0) is 16.4. The summed E-state index contributed by atoms with van der Waals surface area (Å²) in [6, 6.07) is 5.39. The van der Waals surface area contributed by atoms with Crippen molar-refractivity contribution in [1.82, 2.24) is 4.90 Å². The number of nitrogens with zero attached hydrogens (tertiary/aromatic N) is 1. The van der Waals surface area contributed by atoms with Crippen molar-refractivity contribution < 1.29 is 14.3 Å². The quantitative estimate of drug-likeness (QED) is 0.919. The van der Waals surface area contributed by atoms with Gasteiger partial charge in [0.05, 0.1) is 18.7 Å². The first-order chi connectivity index (χ1) is 11.1. The molecule has 1 atom stereocenters. The summed E-state index contributed by atoms with van der Waals surface area (Å²) in [5.74, 6) is 0.182. The van der Waals surface area contributed by atoms with Crippen LogP contribution in [0.4, 0.5) is 5.69 Å². The molecular weight excluding hydrogens is 316 g/mol. The molecule has 0 radical (unpaired) electrons. The summed E-state index contributed by atoms with van der Waals surface area (Å²) in [7, 11) is 1.54. The largest absolute Gasteiger partial charge is 0.495 e. The molecule has 3 rings (SSSR count). The number of methoxy groups -OCH3 is 1. The molecule has 1 aromatic rings. The van der Waals surface area contributed by atoms with Gasteiger partial charge in [0.15, 0.2) is 0 Å². The van der Waals surface area contributed by atoms with Gasteiger partial charge in [-0.2, -0.15) is 0 Å². The van der Waals surface area contributed by atoms with E-state index < -0.39 is 0 Å². The number of amides is 2. The predicted octanol–water partition coefficient (Wildman–Crippen LogP) is 3.08. The fraction of sp³-hybridized carbons (Fsp3) is 0.529. The van der Waals surface area contributed by atoms with Crippen molar-refractivity contribution in [2.24, 2.45) is 5.92 Å². The standard InChI is InChI=1S/C17H21ClN2O3/c1-23-15-7-6-12(18)9-14(15)19-17(22)11-8-16(21)20(10-11)13-4-2-3-5-13/h6-7,9,11,13H,2-5,8,10H2,1H3,(H,19,22)/t11-/m0/s1. The highest BCUT2D eigenvalue weighted by Crippen LogP contribution is 2.32. The lowest BCUT2D eigenvalue weighted by molar-refractivity contribution is -0.129. The van der Waals surface area contributed by atoms with E-state index in [1.807, 2.05) is 4.90 Å². The minimum atomic E-state index is -0.313. The number of ether oxygens (including phenoxy) is 1. The van der Waals surface area contributed by atoms with E-state index in [2.05, 4.69) is 5.32 Å². The van der Waals surface area contributed by atoms with Crippen molar-refractivity contribution in [3.8, 4) is 5.75 Å². The lowest BCUT2D eigenvalue weighted by atomic mass is 10.1. The van der Waals surface area contributed by atoms with Crippen LogP contribution in [0.15, 0.2) is 18.2 Å². The van der Waals surface area contributed by atoms with Crippen molar-refractivity contribution in [2.75, 3.05) is 19.0 Å². The molecule has 0 spiro atoms. The van der Waals surface area contributed by atoms with Gasteiger partial charge in [-0.1, -0.05) is 24.4 Å². The highest BCUT2D eigenvalue weighted by Gasteiger charge is 2.38. The molecule has 0 aromatic heterocycles. The van der Waals surface area contributed by atoms with Gasteiger partial charge >= 0.3 is 0 Å². The molecule has 5 nitrogen and oxygen atoms in total. The van der Waals surface area contributed by atoms with Gasteiger partial charge < -0.3 is 15.0 Å². The minimum Gasteiger partial charge on any atom is -0.495 e. The van der Waals surface area contributed by atoms with Gasteiger partial charge in [-0.25, -0.2) is 0 Å². The van der Waals surface area contributed by atoms with E-state index in [0.29, 0.717) is 29.0 Å². The van der Waals surface area contributed by atoms with Crippen molar-refractivity contribution in [3.63, 3.8) is 0 Å². The van der Waals surface area contributed by atoms with E-state index in [1.54, 1.807) is 25.3 Å². The molecule has 1 saturated carbocycles. The Balaban J connectivity index is 1.67. The van der Waals surface area contributed by atoms with Crippen LogP contribution in [0, 0.1) is 5.92 Å². The fourth-order valence-corrected chi connectivity index (χ4v) is 3.66. The molecule has 6 heteroatoms. The maximum absolute atomic E-state index is 12.5. The van der Waals surface area contributed by atoms with Crippen LogP contribution in [-0.4, -0.2) is 36.4 Å². The molecule has 1 aromatic carbocycles. The van der Waals surface area contributed by atoms with Crippen LogP contribution >= 0.6 is 11.6 Å². The van der Waals surface area contributed by atoms with Crippen LogP contribution in [0.25, 0.3) is 0 Å². The molecular formula is C17H21ClN2O3. The predicted molar refractivity (Wildman–Crippen MR) is 88.7 cm³/mol. The number of rotatable bonds is 4. The third-order valence-electron chi connectivity index (χ3n) is 4.71. The van der Waals surface area contributed by atoms with Gasteiger partial charge in [0.25, 0.3) is 0 Å².